The Morgan fingerprint density at radius 2 is 2.19 bits per heavy atom. The van der Waals surface area contributed by atoms with Gasteiger partial charge in [-0.3, -0.25) is 4.79 Å². The minimum absolute atomic E-state index is 0.00188. The third-order valence-corrected chi connectivity index (χ3v) is 6.60. The summed E-state index contributed by atoms with van der Waals surface area (Å²) >= 11 is 5.94. The highest BCUT2D eigenvalue weighted by molar-refractivity contribution is 6.31. The van der Waals surface area contributed by atoms with Gasteiger partial charge >= 0.3 is 0 Å². The van der Waals surface area contributed by atoms with Gasteiger partial charge < -0.3 is 20.3 Å². The molecule has 1 amide bonds. The summed E-state index contributed by atoms with van der Waals surface area (Å²) in [7, 11) is 3.86. The quantitative estimate of drug-likeness (QED) is 0.376. The van der Waals surface area contributed by atoms with E-state index in [4.69, 9.17) is 16.3 Å². The molecule has 2 atom stereocenters. The van der Waals surface area contributed by atoms with Crippen LogP contribution in [0.4, 0.5) is 21.6 Å². The van der Waals surface area contributed by atoms with Crippen LogP contribution in [0.3, 0.4) is 0 Å². The highest BCUT2D eigenvalue weighted by Crippen LogP contribution is 2.56. The highest BCUT2D eigenvalue weighted by Gasteiger charge is 2.57. The number of hydrogen-bond donors (Lipinski definition) is 2. The Hall–Kier alpha value is -3.51. The SMILES string of the molecule is CN(C)CC=CC(=O)Nc1cc2c(Nc3ccc(F)c(Cl)c3)ncnc2cc1C#C[C@]12COC[C@H]1C2. The first-order valence-electron chi connectivity index (χ1n) is 11.6. The molecule has 2 fully saturated rings. The van der Waals surface area contributed by atoms with Crippen LogP contribution in [0.25, 0.3) is 10.9 Å². The maximum Gasteiger partial charge on any atom is 0.248 e. The largest absolute Gasteiger partial charge is 0.380 e. The number of anilines is 3. The maximum atomic E-state index is 13.6. The fourth-order valence-corrected chi connectivity index (χ4v) is 4.39. The Kier molecular flexibility index (Phi) is 6.63. The molecule has 2 N–H and O–H groups in total. The topological polar surface area (TPSA) is 79.4 Å². The summed E-state index contributed by atoms with van der Waals surface area (Å²) in [6.07, 6.45) is 5.78. The molecule has 1 aliphatic carbocycles. The van der Waals surface area contributed by atoms with E-state index in [0.717, 1.165) is 13.0 Å². The van der Waals surface area contributed by atoms with E-state index in [-0.39, 0.29) is 16.3 Å². The van der Waals surface area contributed by atoms with Crippen molar-refractivity contribution >= 4 is 45.6 Å². The van der Waals surface area contributed by atoms with Crippen LogP contribution >= 0.6 is 11.6 Å². The fourth-order valence-electron chi connectivity index (χ4n) is 4.21. The Bertz CT molecular complexity index is 1430. The Morgan fingerprint density at radius 3 is 2.92 bits per heavy atom. The standard InChI is InChI=1S/C27H25ClFN5O2/c1-34(2)9-3-4-25(35)33-23-12-20-24(10-17(23)7-8-27-13-18(27)14-36-15-27)30-16-31-26(20)32-19-5-6-22(29)21(28)11-19/h3-6,10-12,16,18H,9,13-15H2,1-2H3,(H,33,35)(H,30,31,32)/t18-,27+/m1/s1. The number of amides is 1. The first kappa shape index (κ1) is 24.2. The molecule has 1 saturated carbocycles. The lowest BCUT2D eigenvalue weighted by molar-refractivity contribution is -0.111. The average Bonchev–Trinajstić information content (AvgIpc) is 3.38. The average molecular weight is 506 g/mol. The van der Waals surface area contributed by atoms with Crippen molar-refractivity contribution in [1.82, 2.24) is 14.9 Å². The summed E-state index contributed by atoms with van der Waals surface area (Å²) in [6, 6.07) is 7.98. The molecule has 2 aromatic carbocycles. The monoisotopic (exact) mass is 505 g/mol. The molecule has 184 valence electrons. The number of hydrogen-bond acceptors (Lipinski definition) is 6. The van der Waals surface area contributed by atoms with Gasteiger partial charge in [-0.05, 0) is 50.8 Å². The Morgan fingerprint density at radius 1 is 1.33 bits per heavy atom. The molecule has 0 radical (unpaired) electrons. The van der Waals surface area contributed by atoms with Crippen molar-refractivity contribution in [2.45, 2.75) is 6.42 Å². The molecular formula is C27H25ClFN5O2. The van der Waals surface area contributed by atoms with Crippen molar-refractivity contribution in [2.24, 2.45) is 11.3 Å². The van der Waals surface area contributed by atoms with Crippen LogP contribution in [-0.4, -0.2) is 54.6 Å². The minimum atomic E-state index is -0.504. The zero-order chi connectivity index (χ0) is 25.3. The van der Waals surface area contributed by atoms with Gasteiger partial charge in [0, 0.05) is 29.6 Å². The number of nitrogens with zero attached hydrogens (tertiary/aromatic N) is 3. The van der Waals surface area contributed by atoms with E-state index in [9.17, 15) is 9.18 Å². The molecule has 0 bridgehead atoms. The molecule has 9 heteroatoms. The predicted octanol–water partition coefficient (Wildman–Crippen LogP) is 4.61. The van der Waals surface area contributed by atoms with Crippen LogP contribution in [-0.2, 0) is 9.53 Å². The number of fused-ring (bicyclic) bond motifs is 2. The Labute approximate surface area is 213 Å². The summed E-state index contributed by atoms with van der Waals surface area (Å²) in [6.45, 7) is 2.04. The van der Waals surface area contributed by atoms with Crippen LogP contribution in [0.2, 0.25) is 5.02 Å². The normalized spacial score (nSPS) is 20.3. The lowest BCUT2D eigenvalue weighted by atomic mass is 10.0. The van der Waals surface area contributed by atoms with Gasteiger partial charge in [-0.1, -0.05) is 29.5 Å². The van der Waals surface area contributed by atoms with Gasteiger partial charge in [0.15, 0.2) is 0 Å². The smallest absolute Gasteiger partial charge is 0.248 e. The first-order chi connectivity index (χ1) is 17.3. The van der Waals surface area contributed by atoms with Crippen molar-refractivity contribution in [3.63, 3.8) is 0 Å². The van der Waals surface area contributed by atoms with Gasteiger partial charge in [0.25, 0.3) is 0 Å². The molecule has 2 aliphatic rings. The first-order valence-corrected chi connectivity index (χ1v) is 11.9. The van der Waals surface area contributed by atoms with E-state index in [2.05, 4.69) is 32.4 Å². The lowest BCUT2D eigenvalue weighted by Crippen LogP contribution is -2.13. The molecule has 1 saturated heterocycles. The number of likely N-dealkylation sites (N-methyl/N-ethyl adjacent to an activating group) is 1. The number of carbonyl (C=O) groups excluding carboxylic acids is 1. The molecule has 7 nitrogen and oxygen atoms in total. The van der Waals surface area contributed by atoms with Gasteiger partial charge in [0.1, 0.15) is 18.0 Å². The lowest BCUT2D eigenvalue weighted by Gasteiger charge is -2.12. The molecule has 0 spiro atoms. The third-order valence-electron chi connectivity index (χ3n) is 6.31. The minimum Gasteiger partial charge on any atom is -0.380 e. The van der Waals surface area contributed by atoms with Gasteiger partial charge in [0.2, 0.25) is 5.91 Å². The number of benzene rings is 2. The number of nitrogens with one attached hydrogen (secondary N) is 2. The van der Waals surface area contributed by atoms with Gasteiger partial charge in [0.05, 0.1) is 40.4 Å². The molecule has 1 aliphatic heterocycles. The van der Waals surface area contributed by atoms with Crippen LogP contribution in [0, 0.1) is 29.0 Å². The van der Waals surface area contributed by atoms with E-state index in [0.29, 0.717) is 52.7 Å². The summed E-state index contributed by atoms with van der Waals surface area (Å²) in [5.74, 6) is 6.88. The third kappa shape index (κ3) is 5.19. The van der Waals surface area contributed by atoms with Crippen molar-refractivity contribution in [3.05, 3.63) is 65.2 Å². The number of carbonyl (C=O) groups is 1. The predicted molar refractivity (Wildman–Crippen MR) is 139 cm³/mol. The van der Waals surface area contributed by atoms with Crippen molar-refractivity contribution in [1.29, 1.82) is 0 Å². The number of aromatic nitrogens is 2. The summed E-state index contributed by atoms with van der Waals surface area (Å²) in [5, 5.41) is 6.79. The van der Waals surface area contributed by atoms with Crippen molar-refractivity contribution in [3.8, 4) is 11.8 Å². The molecule has 2 heterocycles. The number of halogens is 2. The van der Waals surface area contributed by atoms with Crippen LogP contribution in [0.5, 0.6) is 0 Å². The maximum absolute atomic E-state index is 13.6. The molecule has 0 unspecified atom stereocenters. The van der Waals surface area contributed by atoms with E-state index < -0.39 is 5.82 Å². The van der Waals surface area contributed by atoms with Crippen LogP contribution in [0.15, 0.2) is 48.8 Å². The van der Waals surface area contributed by atoms with Crippen molar-refractivity contribution < 1.29 is 13.9 Å². The second kappa shape index (κ2) is 9.86. The fraction of sp³-hybridized carbons (Fsp3) is 0.296. The second-order valence-corrected chi connectivity index (χ2v) is 9.77. The molecular weight excluding hydrogens is 481 g/mol. The van der Waals surface area contributed by atoms with Crippen molar-refractivity contribution in [2.75, 3.05) is 44.5 Å². The van der Waals surface area contributed by atoms with E-state index >= 15 is 0 Å². The van der Waals surface area contributed by atoms with E-state index in [1.54, 1.807) is 18.2 Å². The molecule has 36 heavy (non-hydrogen) atoms. The summed E-state index contributed by atoms with van der Waals surface area (Å²) in [5.41, 5.74) is 2.36. The van der Waals surface area contributed by atoms with E-state index in [1.165, 1.54) is 24.5 Å². The second-order valence-electron chi connectivity index (χ2n) is 9.37. The van der Waals surface area contributed by atoms with E-state index in [1.807, 2.05) is 25.1 Å². The summed E-state index contributed by atoms with van der Waals surface area (Å²) in [4.78, 5) is 23.4. The zero-order valence-electron chi connectivity index (χ0n) is 19.9. The molecule has 5 rings (SSSR count). The number of ether oxygens (including phenoxy) is 1. The molecule has 3 aromatic rings. The molecule has 1 aromatic heterocycles. The van der Waals surface area contributed by atoms with Crippen LogP contribution < -0.4 is 10.6 Å². The van der Waals surface area contributed by atoms with Gasteiger partial charge in [-0.2, -0.15) is 0 Å². The number of rotatable bonds is 6. The van der Waals surface area contributed by atoms with Gasteiger partial charge in [-0.15, -0.1) is 0 Å². The zero-order valence-corrected chi connectivity index (χ0v) is 20.7. The Balaban J connectivity index is 1.51. The highest BCUT2D eigenvalue weighted by atomic mass is 35.5. The van der Waals surface area contributed by atoms with Crippen LogP contribution in [0.1, 0.15) is 12.0 Å². The summed E-state index contributed by atoms with van der Waals surface area (Å²) < 4.78 is 19.2. The van der Waals surface area contributed by atoms with Gasteiger partial charge in [-0.25, -0.2) is 14.4 Å².